The van der Waals surface area contributed by atoms with Gasteiger partial charge in [0.25, 0.3) is 0 Å². The highest BCUT2D eigenvalue weighted by atomic mass is 16.5. The smallest absolute Gasteiger partial charge is 0.319 e. The van der Waals surface area contributed by atoms with Crippen molar-refractivity contribution in [2.75, 3.05) is 25.5 Å². The van der Waals surface area contributed by atoms with Crippen LogP contribution in [0.1, 0.15) is 30.4 Å². The Morgan fingerprint density at radius 1 is 1.04 bits per heavy atom. The van der Waals surface area contributed by atoms with Crippen LogP contribution in [0.3, 0.4) is 0 Å². The van der Waals surface area contributed by atoms with Crippen LogP contribution in [-0.4, -0.2) is 31.1 Å². The number of benzene rings is 2. The Bertz CT molecular complexity index is 727. The molecule has 1 heterocycles. The summed E-state index contributed by atoms with van der Waals surface area (Å²) in [5.41, 5.74) is 3.13. The number of nitrogens with one attached hydrogen (secondary N) is 2. The predicted molar refractivity (Wildman–Crippen MR) is 104 cm³/mol. The van der Waals surface area contributed by atoms with Crippen LogP contribution in [-0.2, 0) is 13.1 Å². The summed E-state index contributed by atoms with van der Waals surface area (Å²) in [5, 5.41) is 5.74. The number of anilines is 1. The number of likely N-dealkylation sites (tertiary alicyclic amines) is 1. The predicted octanol–water partition coefficient (Wildman–Crippen LogP) is 4.00. The van der Waals surface area contributed by atoms with Crippen molar-refractivity contribution in [2.24, 2.45) is 0 Å². The fourth-order valence-corrected chi connectivity index (χ4v) is 3.27. The summed E-state index contributed by atoms with van der Waals surface area (Å²) in [4.78, 5) is 14.6. The van der Waals surface area contributed by atoms with E-state index in [0.29, 0.717) is 18.0 Å². The fraction of sp³-hybridized carbons (Fsp3) is 0.381. The number of amides is 2. The first-order chi connectivity index (χ1) is 12.7. The lowest BCUT2D eigenvalue weighted by atomic mass is 10.1. The molecule has 0 bridgehead atoms. The van der Waals surface area contributed by atoms with Crippen LogP contribution in [0.5, 0.6) is 5.75 Å². The first-order valence-electron chi connectivity index (χ1n) is 9.22. The number of urea groups is 1. The lowest BCUT2D eigenvalue weighted by molar-refractivity contribution is 0.221. The van der Waals surface area contributed by atoms with E-state index in [9.17, 15) is 4.79 Å². The van der Waals surface area contributed by atoms with Crippen LogP contribution in [0.15, 0.2) is 48.5 Å². The minimum atomic E-state index is -0.223. The second-order valence-corrected chi connectivity index (χ2v) is 6.70. The van der Waals surface area contributed by atoms with E-state index in [-0.39, 0.29) is 6.03 Å². The third kappa shape index (κ3) is 5.49. The molecule has 0 saturated carbocycles. The highest BCUT2D eigenvalue weighted by Crippen LogP contribution is 2.17. The van der Waals surface area contributed by atoms with Crippen molar-refractivity contribution in [1.82, 2.24) is 10.2 Å². The molecule has 2 N–H and O–H groups in total. The van der Waals surface area contributed by atoms with Crippen LogP contribution in [0.2, 0.25) is 0 Å². The van der Waals surface area contributed by atoms with Gasteiger partial charge in [-0.2, -0.15) is 0 Å². The maximum absolute atomic E-state index is 12.1. The molecule has 1 saturated heterocycles. The molecule has 1 fully saturated rings. The van der Waals surface area contributed by atoms with Gasteiger partial charge in [-0.3, -0.25) is 4.90 Å². The van der Waals surface area contributed by atoms with Crippen molar-refractivity contribution >= 4 is 11.7 Å². The van der Waals surface area contributed by atoms with Gasteiger partial charge in [0.2, 0.25) is 0 Å². The number of rotatable bonds is 6. The molecule has 0 radical (unpaired) electrons. The molecule has 138 valence electrons. The second-order valence-electron chi connectivity index (χ2n) is 6.70. The average molecular weight is 353 g/mol. The molecule has 3 rings (SSSR count). The summed E-state index contributed by atoms with van der Waals surface area (Å²) in [7, 11) is 1.61. The molecule has 0 spiro atoms. The largest absolute Gasteiger partial charge is 0.497 e. The third-order valence-electron chi connectivity index (χ3n) is 4.63. The van der Waals surface area contributed by atoms with Crippen LogP contribution in [0.4, 0.5) is 10.5 Å². The van der Waals surface area contributed by atoms with E-state index in [1.54, 1.807) is 13.2 Å². The molecule has 1 aliphatic rings. The van der Waals surface area contributed by atoms with Crippen molar-refractivity contribution in [1.29, 1.82) is 0 Å². The SMILES string of the molecule is COc1cccc(NC(=O)NCc2cccc(CN3CCCCC3)c2)c1. The van der Waals surface area contributed by atoms with E-state index in [0.717, 1.165) is 12.1 Å². The molecule has 5 nitrogen and oxygen atoms in total. The van der Waals surface area contributed by atoms with Crippen molar-refractivity contribution in [3.63, 3.8) is 0 Å². The van der Waals surface area contributed by atoms with Gasteiger partial charge in [0.05, 0.1) is 7.11 Å². The first-order valence-corrected chi connectivity index (χ1v) is 9.22. The monoisotopic (exact) mass is 353 g/mol. The van der Waals surface area contributed by atoms with Crippen LogP contribution in [0, 0.1) is 0 Å². The van der Waals surface area contributed by atoms with E-state index in [1.165, 1.54) is 37.9 Å². The van der Waals surface area contributed by atoms with Gasteiger partial charge in [-0.1, -0.05) is 36.8 Å². The fourth-order valence-electron chi connectivity index (χ4n) is 3.27. The molecule has 2 amide bonds. The van der Waals surface area contributed by atoms with E-state index >= 15 is 0 Å². The highest BCUT2D eigenvalue weighted by molar-refractivity contribution is 5.89. The van der Waals surface area contributed by atoms with E-state index < -0.39 is 0 Å². The Morgan fingerprint density at radius 3 is 2.62 bits per heavy atom. The number of nitrogens with zero attached hydrogens (tertiary/aromatic N) is 1. The molecule has 26 heavy (non-hydrogen) atoms. The normalized spacial score (nSPS) is 14.7. The number of methoxy groups -OCH3 is 1. The maximum atomic E-state index is 12.1. The van der Waals surface area contributed by atoms with Gasteiger partial charge < -0.3 is 15.4 Å². The molecule has 2 aromatic carbocycles. The Balaban J connectivity index is 1.50. The Labute approximate surface area is 155 Å². The summed E-state index contributed by atoms with van der Waals surface area (Å²) in [6.07, 6.45) is 3.94. The van der Waals surface area contributed by atoms with Gasteiger partial charge in [0.1, 0.15) is 5.75 Å². The quantitative estimate of drug-likeness (QED) is 0.825. The van der Waals surface area contributed by atoms with Crippen molar-refractivity contribution in [3.8, 4) is 5.75 Å². The van der Waals surface area contributed by atoms with Crippen molar-refractivity contribution < 1.29 is 9.53 Å². The lowest BCUT2D eigenvalue weighted by Gasteiger charge is -2.26. The molecule has 0 unspecified atom stereocenters. The summed E-state index contributed by atoms with van der Waals surface area (Å²) in [6, 6.07) is 15.5. The number of ether oxygens (including phenoxy) is 1. The third-order valence-corrected chi connectivity index (χ3v) is 4.63. The lowest BCUT2D eigenvalue weighted by Crippen LogP contribution is -2.29. The number of hydrogen-bond acceptors (Lipinski definition) is 3. The van der Waals surface area contributed by atoms with Gasteiger partial charge in [-0.05, 0) is 49.2 Å². The second kappa shape index (κ2) is 9.25. The maximum Gasteiger partial charge on any atom is 0.319 e. The molecule has 2 aromatic rings. The zero-order chi connectivity index (χ0) is 18.2. The summed E-state index contributed by atoms with van der Waals surface area (Å²) in [5.74, 6) is 0.716. The van der Waals surface area contributed by atoms with Gasteiger partial charge in [-0.25, -0.2) is 4.79 Å². The van der Waals surface area contributed by atoms with Crippen LogP contribution >= 0.6 is 0 Å². The minimum absolute atomic E-state index is 0.223. The summed E-state index contributed by atoms with van der Waals surface area (Å²) in [6.45, 7) is 3.87. The van der Waals surface area contributed by atoms with Gasteiger partial charge in [0, 0.05) is 24.8 Å². The van der Waals surface area contributed by atoms with Gasteiger partial charge in [0.15, 0.2) is 0 Å². The summed E-state index contributed by atoms with van der Waals surface area (Å²) >= 11 is 0. The van der Waals surface area contributed by atoms with E-state index in [1.807, 2.05) is 24.3 Å². The zero-order valence-electron chi connectivity index (χ0n) is 15.3. The minimum Gasteiger partial charge on any atom is -0.497 e. The number of carbonyl (C=O) groups is 1. The Kier molecular flexibility index (Phi) is 6.50. The first kappa shape index (κ1) is 18.3. The Hall–Kier alpha value is -2.53. The number of hydrogen-bond donors (Lipinski definition) is 2. The van der Waals surface area contributed by atoms with E-state index in [2.05, 4.69) is 33.7 Å². The van der Waals surface area contributed by atoms with Gasteiger partial charge >= 0.3 is 6.03 Å². The molecule has 0 aliphatic carbocycles. The highest BCUT2D eigenvalue weighted by Gasteiger charge is 2.10. The molecule has 0 atom stereocenters. The van der Waals surface area contributed by atoms with Crippen LogP contribution in [0.25, 0.3) is 0 Å². The Morgan fingerprint density at radius 2 is 1.81 bits per heavy atom. The molecule has 5 heteroatoms. The zero-order valence-corrected chi connectivity index (χ0v) is 15.3. The van der Waals surface area contributed by atoms with E-state index in [4.69, 9.17) is 4.74 Å². The van der Waals surface area contributed by atoms with Crippen LogP contribution < -0.4 is 15.4 Å². The average Bonchev–Trinajstić information content (AvgIpc) is 2.68. The molecule has 0 aromatic heterocycles. The van der Waals surface area contributed by atoms with Crippen molar-refractivity contribution in [2.45, 2.75) is 32.4 Å². The number of carbonyl (C=O) groups excluding carboxylic acids is 1. The number of piperidine rings is 1. The molecule has 1 aliphatic heterocycles. The molecular weight excluding hydrogens is 326 g/mol. The van der Waals surface area contributed by atoms with Crippen molar-refractivity contribution in [3.05, 3.63) is 59.7 Å². The standard InChI is InChI=1S/C21H27N3O2/c1-26-20-10-6-9-19(14-20)23-21(25)22-15-17-7-5-8-18(13-17)16-24-11-3-2-4-12-24/h5-10,13-14H,2-4,11-12,15-16H2,1H3,(H2,22,23,25). The van der Waals surface area contributed by atoms with Gasteiger partial charge in [-0.15, -0.1) is 0 Å². The summed E-state index contributed by atoms with van der Waals surface area (Å²) < 4.78 is 5.17. The topological polar surface area (TPSA) is 53.6 Å². The molecular formula is C21H27N3O2.